The lowest BCUT2D eigenvalue weighted by Gasteiger charge is -2.35. The number of nitrogens with one attached hydrogen (secondary N) is 1. The van der Waals surface area contributed by atoms with Gasteiger partial charge in [0.15, 0.2) is 0 Å². The number of amides is 1. The van der Waals surface area contributed by atoms with Crippen molar-refractivity contribution in [2.24, 2.45) is 4.99 Å². The molecule has 0 aromatic carbocycles. The second kappa shape index (κ2) is 6.59. The van der Waals surface area contributed by atoms with Gasteiger partial charge in [0, 0.05) is 33.1 Å². The molecular formula is C18H28N4O2. The standard InChI is InChI=1S/C18H28N4O2/c1-13(15-6-5-14(2)24-15)7-10-22-11-8-18(9-12-22)16(23)19-17(20-18)21(3)4/h5-6,13H,7-12H2,1-4H3,(H,19,20,23)/t13-/m1/s1. The number of guanidine groups is 1. The molecule has 2 aliphatic rings. The van der Waals surface area contributed by atoms with Gasteiger partial charge < -0.3 is 14.2 Å². The Morgan fingerprint density at radius 3 is 2.62 bits per heavy atom. The van der Waals surface area contributed by atoms with Crippen LogP contribution in [0.15, 0.2) is 21.5 Å². The molecule has 0 aliphatic carbocycles. The molecule has 3 heterocycles. The summed E-state index contributed by atoms with van der Waals surface area (Å²) in [5.74, 6) is 3.21. The fourth-order valence-electron chi connectivity index (χ4n) is 3.43. The third-order valence-electron chi connectivity index (χ3n) is 5.20. The van der Waals surface area contributed by atoms with E-state index in [0.717, 1.165) is 50.4 Å². The fraction of sp³-hybridized carbons (Fsp3) is 0.667. The van der Waals surface area contributed by atoms with Crippen LogP contribution in [0.4, 0.5) is 0 Å². The van der Waals surface area contributed by atoms with Crippen molar-refractivity contribution >= 4 is 11.9 Å². The molecule has 1 amide bonds. The van der Waals surface area contributed by atoms with Crippen molar-refractivity contribution in [3.8, 4) is 0 Å². The first-order valence-corrected chi connectivity index (χ1v) is 8.77. The minimum atomic E-state index is -0.542. The molecule has 0 unspecified atom stereocenters. The van der Waals surface area contributed by atoms with Gasteiger partial charge in [-0.1, -0.05) is 6.92 Å². The molecule has 132 valence electrons. The smallest absolute Gasteiger partial charge is 0.254 e. The van der Waals surface area contributed by atoms with Gasteiger partial charge in [-0.2, -0.15) is 0 Å². The van der Waals surface area contributed by atoms with Crippen LogP contribution in [0.5, 0.6) is 0 Å². The first-order chi connectivity index (χ1) is 11.4. The molecule has 6 heteroatoms. The highest BCUT2D eigenvalue weighted by atomic mass is 16.3. The van der Waals surface area contributed by atoms with Crippen LogP contribution in [0.3, 0.4) is 0 Å². The minimum absolute atomic E-state index is 0.0604. The van der Waals surface area contributed by atoms with Crippen molar-refractivity contribution in [1.29, 1.82) is 0 Å². The number of aryl methyl sites for hydroxylation is 1. The van der Waals surface area contributed by atoms with Gasteiger partial charge in [0.25, 0.3) is 5.91 Å². The van der Waals surface area contributed by atoms with Crippen molar-refractivity contribution in [3.05, 3.63) is 23.7 Å². The molecule has 1 atom stereocenters. The lowest BCUT2D eigenvalue weighted by atomic mass is 9.88. The van der Waals surface area contributed by atoms with Crippen LogP contribution in [-0.2, 0) is 4.79 Å². The lowest BCUT2D eigenvalue weighted by molar-refractivity contribution is -0.125. The first kappa shape index (κ1) is 17.0. The summed E-state index contributed by atoms with van der Waals surface area (Å²) in [6, 6.07) is 4.10. The van der Waals surface area contributed by atoms with Gasteiger partial charge in [-0.15, -0.1) is 0 Å². The van der Waals surface area contributed by atoms with E-state index in [1.165, 1.54) is 0 Å². The number of rotatable bonds is 4. The van der Waals surface area contributed by atoms with E-state index in [0.29, 0.717) is 11.9 Å². The predicted molar refractivity (Wildman–Crippen MR) is 94.1 cm³/mol. The number of furan rings is 1. The monoisotopic (exact) mass is 332 g/mol. The second-order valence-electron chi connectivity index (χ2n) is 7.30. The van der Waals surface area contributed by atoms with Crippen molar-refractivity contribution in [2.45, 2.75) is 44.6 Å². The van der Waals surface area contributed by atoms with E-state index in [1.807, 2.05) is 32.0 Å². The van der Waals surface area contributed by atoms with Crippen LogP contribution in [0.25, 0.3) is 0 Å². The molecule has 0 radical (unpaired) electrons. The van der Waals surface area contributed by atoms with Crippen molar-refractivity contribution < 1.29 is 9.21 Å². The van der Waals surface area contributed by atoms with Gasteiger partial charge in [-0.05, 0) is 44.9 Å². The van der Waals surface area contributed by atoms with Crippen molar-refractivity contribution in [2.75, 3.05) is 33.7 Å². The summed E-state index contributed by atoms with van der Waals surface area (Å²) in [4.78, 5) is 21.3. The molecule has 1 saturated heterocycles. The summed E-state index contributed by atoms with van der Waals surface area (Å²) in [6.07, 6.45) is 2.66. The molecular weight excluding hydrogens is 304 g/mol. The second-order valence-corrected chi connectivity index (χ2v) is 7.30. The maximum atomic E-state index is 12.3. The Hall–Kier alpha value is -1.82. The van der Waals surface area contributed by atoms with E-state index < -0.39 is 5.54 Å². The third-order valence-corrected chi connectivity index (χ3v) is 5.20. The largest absolute Gasteiger partial charge is 0.466 e. The van der Waals surface area contributed by atoms with Gasteiger partial charge in [-0.3, -0.25) is 10.1 Å². The van der Waals surface area contributed by atoms with Crippen LogP contribution in [-0.4, -0.2) is 60.9 Å². The highest BCUT2D eigenvalue weighted by molar-refractivity contribution is 6.07. The fourth-order valence-corrected chi connectivity index (χ4v) is 3.43. The molecule has 1 N–H and O–H groups in total. The molecule has 1 aromatic rings. The Morgan fingerprint density at radius 1 is 1.38 bits per heavy atom. The molecule has 24 heavy (non-hydrogen) atoms. The molecule has 0 bridgehead atoms. The number of carbonyl (C=O) groups excluding carboxylic acids is 1. The molecule has 1 aromatic heterocycles. The summed E-state index contributed by atoms with van der Waals surface area (Å²) in [6.45, 7) is 7.06. The summed E-state index contributed by atoms with van der Waals surface area (Å²) in [5, 5.41) is 2.91. The molecule has 2 aliphatic heterocycles. The van der Waals surface area contributed by atoms with Crippen LogP contribution >= 0.6 is 0 Å². The molecule has 0 saturated carbocycles. The van der Waals surface area contributed by atoms with E-state index in [9.17, 15) is 4.79 Å². The van der Waals surface area contributed by atoms with Crippen LogP contribution in [0, 0.1) is 6.92 Å². The predicted octanol–water partition coefficient (Wildman–Crippen LogP) is 1.96. The zero-order chi connectivity index (χ0) is 17.3. The average molecular weight is 332 g/mol. The van der Waals surface area contributed by atoms with E-state index in [2.05, 4.69) is 28.2 Å². The number of aliphatic imine (C=N–C) groups is 1. The Labute approximate surface area is 143 Å². The van der Waals surface area contributed by atoms with E-state index >= 15 is 0 Å². The molecule has 1 fully saturated rings. The Balaban J connectivity index is 1.51. The highest BCUT2D eigenvalue weighted by Crippen LogP contribution is 2.31. The Morgan fingerprint density at radius 2 is 2.08 bits per heavy atom. The van der Waals surface area contributed by atoms with E-state index in [1.54, 1.807) is 0 Å². The number of hydrogen-bond donors (Lipinski definition) is 1. The summed E-state index contributed by atoms with van der Waals surface area (Å²) >= 11 is 0. The summed E-state index contributed by atoms with van der Waals surface area (Å²) in [7, 11) is 3.82. The Bertz CT molecular complexity index is 627. The van der Waals surface area contributed by atoms with Gasteiger partial charge in [0.1, 0.15) is 17.1 Å². The first-order valence-electron chi connectivity index (χ1n) is 8.77. The lowest BCUT2D eigenvalue weighted by Crippen LogP contribution is -2.49. The Kier molecular flexibility index (Phi) is 4.67. The van der Waals surface area contributed by atoms with Gasteiger partial charge in [-0.25, -0.2) is 4.99 Å². The quantitative estimate of drug-likeness (QED) is 0.916. The van der Waals surface area contributed by atoms with Crippen LogP contribution in [0.1, 0.15) is 43.6 Å². The van der Waals surface area contributed by atoms with Crippen LogP contribution < -0.4 is 5.32 Å². The van der Waals surface area contributed by atoms with Gasteiger partial charge in [0.2, 0.25) is 5.96 Å². The third kappa shape index (κ3) is 3.34. The number of likely N-dealkylation sites (tertiary alicyclic amines) is 1. The average Bonchev–Trinajstić information content (AvgIpc) is 3.12. The van der Waals surface area contributed by atoms with Gasteiger partial charge >= 0.3 is 0 Å². The minimum Gasteiger partial charge on any atom is -0.466 e. The summed E-state index contributed by atoms with van der Waals surface area (Å²) in [5.41, 5.74) is -0.542. The topological polar surface area (TPSA) is 61.1 Å². The molecule has 1 spiro atoms. The van der Waals surface area contributed by atoms with Gasteiger partial charge in [0.05, 0.1) is 0 Å². The normalized spacial score (nSPS) is 21.7. The number of carbonyl (C=O) groups is 1. The van der Waals surface area contributed by atoms with Crippen molar-refractivity contribution in [3.63, 3.8) is 0 Å². The van der Waals surface area contributed by atoms with Crippen molar-refractivity contribution in [1.82, 2.24) is 15.1 Å². The zero-order valence-corrected chi connectivity index (χ0v) is 15.1. The van der Waals surface area contributed by atoms with E-state index in [4.69, 9.17) is 4.42 Å². The highest BCUT2D eigenvalue weighted by Gasteiger charge is 2.46. The van der Waals surface area contributed by atoms with E-state index in [-0.39, 0.29) is 5.91 Å². The maximum absolute atomic E-state index is 12.3. The maximum Gasteiger partial charge on any atom is 0.254 e. The zero-order valence-electron chi connectivity index (χ0n) is 15.1. The number of hydrogen-bond acceptors (Lipinski definition) is 5. The SMILES string of the molecule is Cc1ccc([C@H](C)CCN2CCC3(CC2)N=C(N(C)C)NC3=O)o1. The number of piperidine rings is 1. The summed E-state index contributed by atoms with van der Waals surface area (Å²) < 4.78 is 5.72. The molecule has 6 nitrogen and oxygen atoms in total. The molecule has 3 rings (SSSR count). The van der Waals surface area contributed by atoms with Crippen LogP contribution in [0.2, 0.25) is 0 Å². The number of nitrogens with zero attached hydrogens (tertiary/aromatic N) is 3.